The number of likely N-dealkylation sites (N-methyl/N-ethyl adjacent to an activating group) is 1. The summed E-state index contributed by atoms with van der Waals surface area (Å²) in [5.74, 6) is -2.08. The number of hydrogen-bond acceptors (Lipinski definition) is 6. The summed E-state index contributed by atoms with van der Waals surface area (Å²) >= 11 is 0. The van der Waals surface area contributed by atoms with Crippen molar-refractivity contribution < 1.29 is 19.6 Å². The van der Waals surface area contributed by atoms with Crippen LogP contribution in [0, 0.1) is 10.1 Å². The molecule has 0 saturated carbocycles. The van der Waals surface area contributed by atoms with Crippen LogP contribution in [0.15, 0.2) is 23.3 Å². The van der Waals surface area contributed by atoms with Crippen LogP contribution < -0.4 is 10.7 Å². The number of nitrogens with zero attached hydrogens (tertiary/aromatic N) is 2. The van der Waals surface area contributed by atoms with Gasteiger partial charge in [-0.05, 0) is 13.0 Å². The number of rotatable bonds is 4. The van der Waals surface area contributed by atoms with Gasteiger partial charge in [-0.2, -0.15) is 5.10 Å². The van der Waals surface area contributed by atoms with Gasteiger partial charge < -0.3 is 10.4 Å². The van der Waals surface area contributed by atoms with E-state index in [-0.39, 0.29) is 17.0 Å². The minimum atomic E-state index is -0.979. The maximum absolute atomic E-state index is 11.2. The number of carbonyl (C=O) groups is 2. The molecule has 1 aromatic carbocycles. The van der Waals surface area contributed by atoms with Gasteiger partial charge in [0.1, 0.15) is 5.75 Å². The summed E-state index contributed by atoms with van der Waals surface area (Å²) in [6, 6.07) is 3.34. The summed E-state index contributed by atoms with van der Waals surface area (Å²) in [7, 11) is 0. The molecule has 0 aromatic heterocycles. The maximum atomic E-state index is 11.2. The Kier molecular flexibility index (Phi) is 5.15. The molecule has 0 aliphatic rings. The van der Waals surface area contributed by atoms with Crippen LogP contribution in [0.5, 0.6) is 5.75 Å². The number of nitro groups is 1. The molecule has 2 amide bonds. The molecule has 0 atom stereocenters. The number of phenols is 1. The number of aromatic hydroxyl groups is 1. The molecule has 0 aliphatic heterocycles. The lowest BCUT2D eigenvalue weighted by atomic mass is 10.2. The van der Waals surface area contributed by atoms with E-state index in [9.17, 15) is 24.8 Å². The van der Waals surface area contributed by atoms with Crippen molar-refractivity contribution in [2.75, 3.05) is 6.54 Å². The monoisotopic (exact) mass is 280 g/mol. The number of carbonyl (C=O) groups excluding carboxylic acids is 2. The van der Waals surface area contributed by atoms with Gasteiger partial charge in [0.15, 0.2) is 0 Å². The van der Waals surface area contributed by atoms with Gasteiger partial charge in [0, 0.05) is 24.2 Å². The fourth-order valence-electron chi connectivity index (χ4n) is 1.21. The van der Waals surface area contributed by atoms with Crippen LogP contribution >= 0.6 is 0 Å². The average Bonchev–Trinajstić information content (AvgIpc) is 2.40. The van der Waals surface area contributed by atoms with E-state index >= 15 is 0 Å². The summed E-state index contributed by atoms with van der Waals surface area (Å²) < 4.78 is 0. The second-order valence-corrected chi connectivity index (χ2v) is 3.56. The molecule has 0 spiro atoms. The average molecular weight is 280 g/mol. The molecule has 1 aromatic rings. The Labute approximate surface area is 113 Å². The van der Waals surface area contributed by atoms with E-state index in [1.165, 1.54) is 0 Å². The van der Waals surface area contributed by atoms with Crippen LogP contribution in [0.1, 0.15) is 12.5 Å². The summed E-state index contributed by atoms with van der Waals surface area (Å²) in [6.07, 6.45) is 0.999. The van der Waals surface area contributed by atoms with Crippen LogP contribution in [0.4, 0.5) is 5.69 Å². The van der Waals surface area contributed by atoms with Gasteiger partial charge in [-0.15, -0.1) is 0 Å². The first-order valence-corrected chi connectivity index (χ1v) is 5.54. The SMILES string of the molecule is CCNC(=O)C(=O)N/N=C\c1cc([N+](=O)[O-])ccc1O. The Morgan fingerprint density at radius 2 is 2.15 bits per heavy atom. The highest BCUT2D eigenvalue weighted by Gasteiger charge is 2.11. The molecule has 106 valence electrons. The van der Waals surface area contributed by atoms with Crippen LogP contribution in [0.2, 0.25) is 0 Å². The highest BCUT2D eigenvalue weighted by molar-refractivity contribution is 6.35. The summed E-state index contributed by atoms with van der Waals surface area (Å²) in [5.41, 5.74) is 1.73. The fraction of sp³-hybridized carbons (Fsp3) is 0.182. The molecule has 3 N–H and O–H groups in total. The maximum Gasteiger partial charge on any atom is 0.329 e. The normalized spacial score (nSPS) is 10.2. The first-order chi connectivity index (χ1) is 9.45. The quantitative estimate of drug-likeness (QED) is 0.306. The van der Waals surface area contributed by atoms with Crippen LogP contribution in [-0.2, 0) is 9.59 Å². The number of non-ortho nitro benzene ring substituents is 1. The minimum absolute atomic E-state index is 0.0374. The summed E-state index contributed by atoms with van der Waals surface area (Å²) in [6.45, 7) is 1.94. The number of phenolic OH excluding ortho intramolecular Hbond substituents is 1. The van der Waals surface area contributed by atoms with Crippen molar-refractivity contribution in [3.63, 3.8) is 0 Å². The van der Waals surface area contributed by atoms with Gasteiger partial charge in [-0.1, -0.05) is 0 Å². The first-order valence-electron chi connectivity index (χ1n) is 5.54. The van der Waals surface area contributed by atoms with Crippen molar-refractivity contribution in [1.29, 1.82) is 0 Å². The molecule has 0 unspecified atom stereocenters. The summed E-state index contributed by atoms with van der Waals surface area (Å²) in [5, 5.41) is 25.7. The molecule has 0 heterocycles. The third-order valence-electron chi connectivity index (χ3n) is 2.14. The lowest BCUT2D eigenvalue weighted by molar-refractivity contribution is -0.384. The zero-order valence-electron chi connectivity index (χ0n) is 10.5. The van der Waals surface area contributed by atoms with Crippen molar-refractivity contribution in [2.24, 2.45) is 5.10 Å². The molecular weight excluding hydrogens is 268 g/mol. The van der Waals surface area contributed by atoms with Crippen molar-refractivity contribution in [3.05, 3.63) is 33.9 Å². The van der Waals surface area contributed by atoms with Gasteiger partial charge in [0.2, 0.25) is 0 Å². The molecule has 9 nitrogen and oxygen atoms in total. The van der Waals surface area contributed by atoms with Crippen LogP contribution in [0.3, 0.4) is 0 Å². The Hall–Kier alpha value is -2.97. The van der Waals surface area contributed by atoms with Crippen LogP contribution in [-0.4, -0.2) is 34.6 Å². The van der Waals surface area contributed by atoms with E-state index in [2.05, 4.69) is 10.4 Å². The van der Waals surface area contributed by atoms with Gasteiger partial charge in [0.25, 0.3) is 5.69 Å². The van der Waals surface area contributed by atoms with E-state index in [1.807, 2.05) is 5.43 Å². The lowest BCUT2D eigenvalue weighted by Crippen LogP contribution is -2.37. The Morgan fingerprint density at radius 3 is 2.75 bits per heavy atom. The summed E-state index contributed by atoms with van der Waals surface area (Å²) in [4.78, 5) is 32.2. The number of nitrogens with one attached hydrogen (secondary N) is 2. The van der Waals surface area contributed by atoms with Crippen molar-refractivity contribution in [1.82, 2.24) is 10.7 Å². The van der Waals surface area contributed by atoms with Gasteiger partial charge in [0.05, 0.1) is 11.1 Å². The van der Waals surface area contributed by atoms with Crippen molar-refractivity contribution >= 4 is 23.7 Å². The molecule has 0 saturated heterocycles. The molecule has 0 bridgehead atoms. The molecular formula is C11H12N4O5. The smallest absolute Gasteiger partial charge is 0.329 e. The molecule has 0 aliphatic carbocycles. The highest BCUT2D eigenvalue weighted by atomic mass is 16.6. The van der Waals surface area contributed by atoms with E-state index in [0.717, 1.165) is 24.4 Å². The number of nitro benzene ring substituents is 1. The Morgan fingerprint density at radius 1 is 1.45 bits per heavy atom. The predicted octanol–water partition coefficient (Wildman–Crippen LogP) is -0.113. The van der Waals surface area contributed by atoms with Crippen molar-refractivity contribution in [3.8, 4) is 5.75 Å². The number of hydrazone groups is 1. The number of hydrogen-bond donors (Lipinski definition) is 3. The molecule has 9 heteroatoms. The molecule has 20 heavy (non-hydrogen) atoms. The largest absolute Gasteiger partial charge is 0.507 e. The van der Waals surface area contributed by atoms with E-state index in [4.69, 9.17) is 0 Å². The third-order valence-corrected chi connectivity index (χ3v) is 2.14. The second kappa shape index (κ2) is 6.83. The topological polar surface area (TPSA) is 134 Å². The molecule has 0 fully saturated rings. The van der Waals surface area contributed by atoms with E-state index < -0.39 is 16.7 Å². The predicted molar refractivity (Wildman–Crippen MR) is 69.2 cm³/mol. The van der Waals surface area contributed by atoms with E-state index in [1.54, 1.807) is 6.92 Å². The van der Waals surface area contributed by atoms with E-state index in [0.29, 0.717) is 6.54 Å². The van der Waals surface area contributed by atoms with Crippen LogP contribution in [0.25, 0.3) is 0 Å². The minimum Gasteiger partial charge on any atom is -0.507 e. The number of amides is 2. The molecule has 0 radical (unpaired) electrons. The lowest BCUT2D eigenvalue weighted by Gasteiger charge is -2.00. The zero-order chi connectivity index (χ0) is 15.1. The third kappa shape index (κ3) is 4.05. The number of benzene rings is 1. The van der Waals surface area contributed by atoms with Gasteiger partial charge in [-0.3, -0.25) is 19.7 Å². The zero-order valence-corrected chi connectivity index (χ0v) is 10.5. The molecule has 1 rings (SSSR count). The van der Waals surface area contributed by atoms with Gasteiger partial charge in [-0.25, -0.2) is 5.43 Å². The van der Waals surface area contributed by atoms with Crippen molar-refractivity contribution in [2.45, 2.75) is 6.92 Å². The first kappa shape index (κ1) is 15.1. The standard InChI is InChI=1S/C11H12N4O5/c1-2-12-10(17)11(18)14-13-6-7-5-8(15(19)20)3-4-9(7)16/h3-6,16H,2H2,1H3,(H,12,17)(H,14,18)/b13-6-. The Balaban J connectivity index is 2.75. The second-order valence-electron chi connectivity index (χ2n) is 3.56. The fourth-order valence-corrected chi connectivity index (χ4v) is 1.21. The van der Waals surface area contributed by atoms with Gasteiger partial charge >= 0.3 is 11.8 Å². The Bertz CT molecular complexity index is 570. The highest BCUT2D eigenvalue weighted by Crippen LogP contribution is 2.20.